The average molecular weight is 222 g/mol. The van der Waals surface area contributed by atoms with E-state index >= 15 is 0 Å². The lowest BCUT2D eigenvalue weighted by molar-refractivity contribution is -0.139. The van der Waals surface area contributed by atoms with Gasteiger partial charge in [0.05, 0.1) is 6.42 Å². The van der Waals surface area contributed by atoms with Crippen LogP contribution in [0.5, 0.6) is 0 Å². The van der Waals surface area contributed by atoms with Crippen molar-refractivity contribution in [1.29, 1.82) is 0 Å². The minimum Gasteiger partial charge on any atom is -0.481 e. The average Bonchev–Trinajstić information content (AvgIpc) is 2.23. The van der Waals surface area contributed by atoms with Crippen LogP contribution >= 0.6 is 0 Å². The van der Waals surface area contributed by atoms with Crippen LogP contribution in [0, 0.1) is 0 Å². The summed E-state index contributed by atoms with van der Waals surface area (Å²) in [6.45, 7) is -0.435. The summed E-state index contributed by atoms with van der Waals surface area (Å²) in [5.41, 5.74) is 5.19. The smallest absolute Gasteiger partial charge is 0.320 e. The summed E-state index contributed by atoms with van der Waals surface area (Å²) >= 11 is 0. The molecular weight excluding hydrogens is 200 g/mol. The first-order valence-electron chi connectivity index (χ1n) is 6.40. The third kappa shape index (κ3) is 9.17. The SMILES string of the molecule is [2H]C([2H])(CNCCC(=O)O)C([2H])([2H])C[C@H](N)C(=O)O. The maximum atomic E-state index is 10.5. The minimum absolute atomic E-state index is 0.00406. The first-order valence-corrected chi connectivity index (χ1v) is 4.40. The fourth-order valence-corrected chi connectivity index (χ4v) is 0.678. The number of carboxylic acids is 2. The molecule has 0 aliphatic rings. The van der Waals surface area contributed by atoms with Crippen LogP contribution < -0.4 is 11.1 Å². The number of carboxylic acid groups (broad SMARTS) is 2. The molecule has 6 heteroatoms. The van der Waals surface area contributed by atoms with Crippen LogP contribution in [-0.4, -0.2) is 41.3 Å². The predicted molar refractivity (Wildman–Crippen MR) is 54.6 cm³/mol. The molecule has 0 rings (SSSR count). The molecule has 0 unspecified atom stereocenters. The number of hydrogen-bond acceptors (Lipinski definition) is 4. The molecule has 0 spiro atoms. The van der Waals surface area contributed by atoms with Gasteiger partial charge in [-0.2, -0.15) is 0 Å². The monoisotopic (exact) mass is 222 g/mol. The molecule has 0 saturated heterocycles. The van der Waals surface area contributed by atoms with Crippen molar-refractivity contribution in [3.63, 3.8) is 0 Å². The van der Waals surface area contributed by atoms with E-state index in [1.807, 2.05) is 0 Å². The van der Waals surface area contributed by atoms with Gasteiger partial charge in [-0.3, -0.25) is 9.59 Å². The van der Waals surface area contributed by atoms with Crippen LogP contribution in [0.1, 0.15) is 31.1 Å². The van der Waals surface area contributed by atoms with Gasteiger partial charge in [0.15, 0.2) is 0 Å². The van der Waals surface area contributed by atoms with Gasteiger partial charge in [0.1, 0.15) is 6.04 Å². The Balaban J connectivity index is 4.42. The van der Waals surface area contributed by atoms with Gasteiger partial charge in [0, 0.05) is 12.0 Å². The van der Waals surface area contributed by atoms with Crippen molar-refractivity contribution >= 4 is 11.9 Å². The van der Waals surface area contributed by atoms with E-state index in [2.05, 4.69) is 5.32 Å². The molecule has 0 aliphatic carbocycles. The third-order valence-corrected chi connectivity index (χ3v) is 1.49. The van der Waals surface area contributed by atoms with E-state index in [1.165, 1.54) is 0 Å². The van der Waals surface area contributed by atoms with Crippen molar-refractivity contribution in [3.05, 3.63) is 0 Å². The summed E-state index contributed by atoms with van der Waals surface area (Å²) < 4.78 is 30.3. The highest BCUT2D eigenvalue weighted by atomic mass is 16.4. The summed E-state index contributed by atoms with van der Waals surface area (Å²) in [5, 5.41) is 19.5. The van der Waals surface area contributed by atoms with E-state index in [4.69, 9.17) is 21.4 Å². The summed E-state index contributed by atoms with van der Waals surface area (Å²) in [6.07, 6.45) is -5.69. The topological polar surface area (TPSA) is 113 Å². The quantitative estimate of drug-likeness (QED) is 0.396. The van der Waals surface area contributed by atoms with Gasteiger partial charge in [0.25, 0.3) is 0 Å². The minimum atomic E-state index is -2.44. The molecule has 6 nitrogen and oxygen atoms in total. The van der Waals surface area contributed by atoms with Crippen molar-refractivity contribution in [2.24, 2.45) is 5.73 Å². The molecule has 0 aromatic carbocycles. The van der Waals surface area contributed by atoms with Crippen molar-refractivity contribution in [3.8, 4) is 0 Å². The Bertz CT molecular complexity index is 338. The van der Waals surface area contributed by atoms with Gasteiger partial charge in [-0.1, -0.05) is 6.37 Å². The molecule has 0 aromatic heterocycles. The fourth-order valence-electron chi connectivity index (χ4n) is 0.678. The Morgan fingerprint density at radius 3 is 2.53 bits per heavy atom. The zero-order valence-electron chi connectivity index (χ0n) is 12.2. The van der Waals surface area contributed by atoms with Crippen LogP contribution in [-0.2, 0) is 9.59 Å². The molecule has 5 N–H and O–H groups in total. The molecule has 15 heavy (non-hydrogen) atoms. The van der Waals surface area contributed by atoms with Gasteiger partial charge < -0.3 is 21.3 Å². The molecule has 0 heterocycles. The van der Waals surface area contributed by atoms with Gasteiger partial charge in [-0.05, 0) is 19.3 Å². The number of rotatable bonds is 9. The normalized spacial score (nSPS) is 18.2. The molecule has 0 bridgehead atoms. The Hall–Kier alpha value is -1.14. The Morgan fingerprint density at radius 2 is 2.00 bits per heavy atom. The number of hydrogen-bond donors (Lipinski definition) is 4. The van der Waals surface area contributed by atoms with Crippen LogP contribution in [0.25, 0.3) is 0 Å². The van der Waals surface area contributed by atoms with Crippen molar-refractivity contribution in [2.45, 2.75) is 31.6 Å². The van der Waals surface area contributed by atoms with Gasteiger partial charge in [-0.15, -0.1) is 0 Å². The molecule has 0 aliphatic heterocycles. The lowest BCUT2D eigenvalue weighted by Crippen LogP contribution is -2.30. The van der Waals surface area contributed by atoms with Crippen LogP contribution in [0.2, 0.25) is 0 Å². The Morgan fingerprint density at radius 1 is 1.33 bits per heavy atom. The predicted octanol–water partition coefficient (Wildman–Crippen LogP) is -0.367. The number of nitrogens with two attached hydrogens (primary N) is 1. The molecule has 0 aromatic rings. The summed E-state index contributed by atoms with van der Waals surface area (Å²) in [6, 6.07) is -1.50. The van der Waals surface area contributed by atoms with Crippen molar-refractivity contribution in [1.82, 2.24) is 5.32 Å². The van der Waals surface area contributed by atoms with Gasteiger partial charge >= 0.3 is 11.9 Å². The van der Waals surface area contributed by atoms with Crippen LogP contribution in [0.15, 0.2) is 0 Å². The molecule has 0 saturated carbocycles. The van der Waals surface area contributed by atoms with E-state index in [0.717, 1.165) is 0 Å². The highest BCUT2D eigenvalue weighted by Gasteiger charge is 2.09. The molecule has 0 amide bonds. The maximum absolute atomic E-state index is 10.5. The number of nitrogens with one attached hydrogen (secondary N) is 1. The van der Waals surface area contributed by atoms with Gasteiger partial charge in [0.2, 0.25) is 0 Å². The van der Waals surface area contributed by atoms with Crippen molar-refractivity contribution in [2.75, 3.05) is 13.1 Å². The second-order valence-electron chi connectivity index (χ2n) is 2.82. The summed E-state index contributed by atoms with van der Waals surface area (Å²) in [4.78, 5) is 20.8. The standard InChI is InChI=1S/C9H18N2O4/c10-7(9(14)15)3-1-2-5-11-6-4-8(12)13/h7,11H,1-6,10H2,(H,12,13)(H,14,15)/t7-/m0/s1/i1D2,2D2. The lowest BCUT2D eigenvalue weighted by atomic mass is 10.1. The zero-order chi connectivity index (χ0) is 15.3. The first-order chi connectivity index (χ1) is 8.49. The molecular formula is C9H18N2O4. The fraction of sp³-hybridized carbons (Fsp3) is 0.778. The number of aliphatic carboxylic acids is 2. The largest absolute Gasteiger partial charge is 0.481 e. The van der Waals surface area contributed by atoms with E-state index < -0.39 is 43.7 Å². The van der Waals surface area contributed by atoms with Crippen molar-refractivity contribution < 1.29 is 25.3 Å². The second-order valence-corrected chi connectivity index (χ2v) is 2.82. The zero-order valence-corrected chi connectivity index (χ0v) is 8.19. The van der Waals surface area contributed by atoms with E-state index in [1.54, 1.807) is 0 Å². The molecule has 0 fully saturated rings. The van der Waals surface area contributed by atoms with Crippen LogP contribution in [0.4, 0.5) is 0 Å². The Kier molecular flexibility index (Phi) is 4.40. The van der Waals surface area contributed by atoms with E-state index in [0.29, 0.717) is 0 Å². The van der Waals surface area contributed by atoms with E-state index in [-0.39, 0.29) is 13.0 Å². The maximum Gasteiger partial charge on any atom is 0.320 e. The number of carbonyl (C=O) groups is 2. The molecule has 88 valence electrons. The second kappa shape index (κ2) is 8.19. The summed E-state index contributed by atoms with van der Waals surface area (Å²) in [7, 11) is 0. The Labute approximate surface area is 94.1 Å². The highest BCUT2D eigenvalue weighted by Crippen LogP contribution is 1.98. The third-order valence-electron chi connectivity index (χ3n) is 1.49. The van der Waals surface area contributed by atoms with E-state index in [9.17, 15) is 9.59 Å². The highest BCUT2D eigenvalue weighted by molar-refractivity contribution is 5.72. The lowest BCUT2D eigenvalue weighted by Gasteiger charge is -2.06. The van der Waals surface area contributed by atoms with Crippen LogP contribution in [0.3, 0.4) is 0 Å². The molecule has 0 radical (unpaired) electrons. The first kappa shape index (κ1) is 8.06. The molecule has 1 atom stereocenters. The summed E-state index contributed by atoms with van der Waals surface area (Å²) in [5.74, 6) is -2.46. The van der Waals surface area contributed by atoms with Gasteiger partial charge in [-0.25, -0.2) is 0 Å².